The number of thiazole rings is 1. The van der Waals surface area contributed by atoms with Crippen molar-refractivity contribution >= 4 is 39.6 Å². The number of thiophene rings is 1. The lowest BCUT2D eigenvalue weighted by molar-refractivity contribution is -0.121. The molecule has 1 aromatic carbocycles. The Morgan fingerprint density at radius 3 is 2.60 bits per heavy atom. The van der Waals surface area contributed by atoms with Crippen LogP contribution in [0.4, 0.5) is 5.13 Å². The zero-order valence-electron chi connectivity index (χ0n) is 16.5. The van der Waals surface area contributed by atoms with E-state index in [0.29, 0.717) is 15.7 Å². The maximum atomic E-state index is 12.4. The number of hydrogen-bond acceptors (Lipinski definition) is 6. The Bertz CT molecular complexity index is 964. The van der Waals surface area contributed by atoms with Gasteiger partial charge in [0.15, 0.2) is 5.13 Å². The highest BCUT2D eigenvalue weighted by Crippen LogP contribution is 2.19. The second-order valence-electron chi connectivity index (χ2n) is 7.36. The molecular formula is C22H24N4O2S2. The van der Waals surface area contributed by atoms with Gasteiger partial charge in [0.25, 0.3) is 5.91 Å². The SMILES string of the molecule is O=C(Cc1csc(NC(=O)c2cccs2)n1)NC1CCN(Cc2ccccc2)CC1. The second kappa shape index (κ2) is 9.97. The summed E-state index contributed by atoms with van der Waals surface area (Å²) in [5, 5.41) is 10.1. The van der Waals surface area contributed by atoms with Crippen molar-refractivity contribution in [1.82, 2.24) is 15.2 Å². The maximum Gasteiger partial charge on any atom is 0.267 e. The number of likely N-dealkylation sites (tertiary alicyclic amines) is 1. The summed E-state index contributed by atoms with van der Waals surface area (Å²) in [6.45, 7) is 2.92. The van der Waals surface area contributed by atoms with E-state index in [1.54, 1.807) is 6.07 Å². The zero-order chi connectivity index (χ0) is 20.8. The zero-order valence-corrected chi connectivity index (χ0v) is 18.2. The fraction of sp³-hybridized carbons (Fsp3) is 0.318. The lowest BCUT2D eigenvalue weighted by Gasteiger charge is -2.32. The molecule has 2 amide bonds. The van der Waals surface area contributed by atoms with Crippen molar-refractivity contribution in [3.8, 4) is 0 Å². The molecule has 1 aliphatic rings. The van der Waals surface area contributed by atoms with Crippen LogP contribution in [0.25, 0.3) is 0 Å². The van der Waals surface area contributed by atoms with E-state index in [2.05, 4.69) is 44.8 Å². The Hall–Kier alpha value is -2.55. The van der Waals surface area contributed by atoms with Crippen molar-refractivity contribution in [2.45, 2.75) is 31.8 Å². The molecule has 4 rings (SSSR count). The van der Waals surface area contributed by atoms with Gasteiger partial charge in [-0.25, -0.2) is 4.98 Å². The lowest BCUT2D eigenvalue weighted by atomic mass is 10.0. The summed E-state index contributed by atoms with van der Waals surface area (Å²) in [7, 11) is 0. The third-order valence-electron chi connectivity index (χ3n) is 5.06. The van der Waals surface area contributed by atoms with Crippen molar-refractivity contribution < 1.29 is 9.59 Å². The summed E-state index contributed by atoms with van der Waals surface area (Å²) >= 11 is 2.72. The Balaban J connectivity index is 1.20. The van der Waals surface area contributed by atoms with Gasteiger partial charge < -0.3 is 5.32 Å². The third kappa shape index (κ3) is 5.75. The molecule has 0 bridgehead atoms. The molecule has 0 unspecified atom stereocenters. The van der Waals surface area contributed by atoms with Gasteiger partial charge in [0.05, 0.1) is 17.0 Å². The van der Waals surface area contributed by atoms with Crippen molar-refractivity contribution in [2.75, 3.05) is 18.4 Å². The normalized spacial score (nSPS) is 15.1. The molecule has 1 fully saturated rings. The van der Waals surface area contributed by atoms with E-state index in [4.69, 9.17) is 0 Å². The number of amides is 2. The molecule has 0 spiro atoms. The Kier molecular flexibility index (Phi) is 6.88. The maximum absolute atomic E-state index is 12.4. The number of carbonyl (C=O) groups is 2. The van der Waals surface area contributed by atoms with E-state index >= 15 is 0 Å². The predicted octanol–water partition coefficient (Wildman–Crippen LogP) is 3.78. The minimum absolute atomic E-state index is 0.0158. The van der Waals surface area contributed by atoms with Gasteiger partial charge in [-0.3, -0.25) is 19.8 Å². The van der Waals surface area contributed by atoms with Crippen LogP contribution in [0, 0.1) is 0 Å². The number of hydrogen-bond donors (Lipinski definition) is 2. The third-order valence-corrected chi connectivity index (χ3v) is 6.74. The smallest absolute Gasteiger partial charge is 0.267 e. The molecule has 1 aliphatic heterocycles. The van der Waals surface area contributed by atoms with Crippen LogP contribution in [0.15, 0.2) is 53.2 Å². The molecular weight excluding hydrogens is 416 g/mol. The molecule has 0 saturated carbocycles. The number of benzene rings is 1. The van der Waals surface area contributed by atoms with Crippen LogP contribution in [-0.2, 0) is 17.8 Å². The van der Waals surface area contributed by atoms with E-state index in [-0.39, 0.29) is 24.3 Å². The molecule has 8 heteroatoms. The first kappa shape index (κ1) is 20.7. The molecule has 3 heterocycles. The molecule has 0 radical (unpaired) electrons. The number of carbonyl (C=O) groups excluding carboxylic acids is 2. The van der Waals surface area contributed by atoms with Gasteiger partial charge in [-0.15, -0.1) is 22.7 Å². The van der Waals surface area contributed by atoms with Crippen molar-refractivity contribution in [1.29, 1.82) is 0 Å². The van der Waals surface area contributed by atoms with E-state index in [1.165, 1.54) is 28.2 Å². The Morgan fingerprint density at radius 2 is 1.87 bits per heavy atom. The molecule has 2 N–H and O–H groups in total. The van der Waals surface area contributed by atoms with E-state index < -0.39 is 0 Å². The van der Waals surface area contributed by atoms with Crippen molar-refractivity contribution in [3.63, 3.8) is 0 Å². The van der Waals surface area contributed by atoms with Crippen LogP contribution in [0.5, 0.6) is 0 Å². The second-order valence-corrected chi connectivity index (χ2v) is 9.16. The molecule has 6 nitrogen and oxygen atoms in total. The fourth-order valence-corrected chi connectivity index (χ4v) is 4.86. The number of piperidine rings is 1. The lowest BCUT2D eigenvalue weighted by Crippen LogP contribution is -2.44. The minimum atomic E-state index is -0.169. The van der Waals surface area contributed by atoms with Gasteiger partial charge in [0.2, 0.25) is 5.91 Å². The molecule has 1 saturated heterocycles. The summed E-state index contributed by atoms with van der Waals surface area (Å²) in [5.74, 6) is -0.185. The van der Waals surface area contributed by atoms with Gasteiger partial charge in [-0.1, -0.05) is 36.4 Å². The van der Waals surface area contributed by atoms with Gasteiger partial charge in [0, 0.05) is 31.1 Å². The molecule has 2 aromatic heterocycles. The highest BCUT2D eigenvalue weighted by Gasteiger charge is 2.21. The van der Waals surface area contributed by atoms with Crippen LogP contribution < -0.4 is 10.6 Å². The summed E-state index contributed by atoms with van der Waals surface area (Å²) in [4.78, 5) is 32.0. The van der Waals surface area contributed by atoms with Gasteiger partial charge in [-0.05, 0) is 29.9 Å². The number of nitrogens with one attached hydrogen (secondary N) is 2. The quantitative estimate of drug-likeness (QED) is 0.586. The average Bonchev–Trinajstić information content (AvgIpc) is 3.43. The molecule has 0 aliphatic carbocycles. The molecule has 30 heavy (non-hydrogen) atoms. The number of nitrogens with zero attached hydrogens (tertiary/aromatic N) is 2. The molecule has 156 valence electrons. The summed E-state index contributed by atoms with van der Waals surface area (Å²) in [6, 6.07) is 14.3. The van der Waals surface area contributed by atoms with E-state index in [0.717, 1.165) is 32.5 Å². The predicted molar refractivity (Wildman–Crippen MR) is 121 cm³/mol. The summed E-state index contributed by atoms with van der Waals surface area (Å²) in [5.41, 5.74) is 2.01. The average molecular weight is 441 g/mol. The van der Waals surface area contributed by atoms with Crippen LogP contribution in [0.3, 0.4) is 0 Å². The Morgan fingerprint density at radius 1 is 1.07 bits per heavy atom. The van der Waals surface area contributed by atoms with Crippen LogP contribution in [0.1, 0.15) is 33.8 Å². The van der Waals surface area contributed by atoms with Crippen molar-refractivity contribution in [2.24, 2.45) is 0 Å². The van der Waals surface area contributed by atoms with Crippen LogP contribution in [-0.4, -0.2) is 40.8 Å². The topological polar surface area (TPSA) is 74.3 Å². The molecule has 0 atom stereocenters. The Labute approximate surface area is 184 Å². The minimum Gasteiger partial charge on any atom is -0.353 e. The van der Waals surface area contributed by atoms with E-state index in [9.17, 15) is 9.59 Å². The van der Waals surface area contributed by atoms with Gasteiger partial charge in [0.1, 0.15) is 0 Å². The first-order valence-corrected chi connectivity index (χ1v) is 11.8. The highest BCUT2D eigenvalue weighted by atomic mass is 32.1. The monoisotopic (exact) mass is 440 g/mol. The summed E-state index contributed by atoms with van der Waals surface area (Å²) < 4.78 is 0. The summed E-state index contributed by atoms with van der Waals surface area (Å²) in [6.07, 6.45) is 2.14. The van der Waals surface area contributed by atoms with Crippen molar-refractivity contribution in [3.05, 3.63) is 69.4 Å². The van der Waals surface area contributed by atoms with E-state index in [1.807, 2.05) is 22.9 Å². The number of anilines is 1. The first-order valence-electron chi connectivity index (χ1n) is 10.0. The largest absolute Gasteiger partial charge is 0.353 e. The van der Waals surface area contributed by atoms with Crippen LogP contribution >= 0.6 is 22.7 Å². The van der Waals surface area contributed by atoms with Crippen LogP contribution in [0.2, 0.25) is 0 Å². The first-order chi connectivity index (χ1) is 14.7. The standard InChI is InChI=1S/C22H24N4O2S2/c27-20(13-18-15-30-22(24-18)25-21(28)19-7-4-12-29-19)23-17-8-10-26(11-9-17)14-16-5-2-1-3-6-16/h1-7,12,15,17H,8-11,13-14H2,(H,23,27)(H,24,25,28). The highest BCUT2D eigenvalue weighted by molar-refractivity contribution is 7.14. The fourth-order valence-electron chi connectivity index (χ4n) is 3.53. The number of rotatable bonds is 7. The van der Waals surface area contributed by atoms with Gasteiger partial charge in [-0.2, -0.15) is 0 Å². The molecule has 3 aromatic rings. The van der Waals surface area contributed by atoms with Gasteiger partial charge >= 0.3 is 0 Å². The number of aromatic nitrogens is 1.